The van der Waals surface area contributed by atoms with Crippen molar-refractivity contribution in [2.45, 2.75) is 51.5 Å². The summed E-state index contributed by atoms with van der Waals surface area (Å²) in [6.45, 7) is 4.34. The Balaban J connectivity index is 1.57. The molecule has 0 unspecified atom stereocenters. The lowest BCUT2D eigenvalue weighted by atomic mass is 9.81. The highest BCUT2D eigenvalue weighted by Crippen LogP contribution is 2.32. The highest BCUT2D eigenvalue weighted by atomic mass is 16.5. The van der Waals surface area contributed by atoms with Crippen molar-refractivity contribution in [1.82, 2.24) is 5.32 Å². The Labute approximate surface area is 198 Å². The van der Waals surface area contributed by atoms with Crippen molar-refractivity contribution in [1.29, 1.82) is 0 Å². The van der Waals surface area contributed by atoms with Crippen molar-refractivity contribution in [3.05, 3.63) is 59.2 Å². The highest BCUT2D eigenvalue weighted by molar-refractivity contribution is 6.34. The van der Waals surface area contributed by atoms with E-state index in [-0.39, 0.29) is 23.3 Å². The number of fused-ring (bicyclic) bond motifs is 1. The van der Waals surface area contributed by atoms with Crippen LogP contribution in [0, 0.1) is 0 Å². The van der Waals surface area contributed by atoms with Crippen LogP contribution in [0.4, 0.5) is 5.69 Å². The Morgan fingerprint density at radius 3 is 2.24 bits per heavy atom. The number of amides is 3. The molecule has 1 saturated carbocycles. The first-order valence-corrected chi connectivity index (χ1v) is 11.7. The van der Waals surface area contributed by atoms with Gasteiger partial charge in [-0.3, -0.25) is 14.4 Å². The number of nitrogens with zero attached hydrogens (tertiary/aromatic N) is 1. The fourth-order valence-corrected chi connectivity index (χ4v) is 4.57. The van der Waals surface area contributed by atoms with Gasteiger partial charge in [-0.2, -0.15) is 0 Å². The van der Waals surface area contributed by atoms with Gasteiger partial charge in [-0.1, -0.05) is 19.3 Å². The van der Waals surface area contributed by atoms with Crippen molar-refractivity contribution in [3.63, 3.8) is 0 Å². The van der Waals surface area contributed by atoms with Crippen molar-refractivity contribution >= 4 is 29.4 Å². The molecule has 1 aliphatic carbocycles. The number of hydrogen-bond donors (Lipinski definition) is 1. The molecule has 4 rings (SSSR count). The molecule has 2 aliphatic rings. The van der Waals surface area contributed by atoms with E-state index in [1.165, 1.54) is 18.2 Å². The van der Waals surface area contributed by atoms with E-state index in [0.29, 0.717) is 30.9 Å². The van der Waals surface area contributed by atoms with Crippen molar-refractivity contribution < 1.29 is 28.7 Å². The molecular formula is C26H28N2O6. The van der Waals surface area contributed by atoms with E-state index in [1.54, 1.807) is 31.2 Å². The first-order chi connectivity index (χ1) is 16.4. The van der Waals surface area contributed by atoms with E-state index in [4.69, 9.17) is 9.47 Å². The number of nitrogens with one attached hydrogen (secondary N) is 1. The standard InChI is InChI=1S/C26H28N2O6/c1-3-33-19-11-9-18(10-12-19)28-23(30)20-13-8-17(16-21(20)24(28)31)22(29)27-26(25(32)34-4-2)14-6-5-7-15-26/h8-13,16H,3-7,14-15H2,1-2H3,(H,27,29). The quantitative estimate of drug-likeness (QED) is 0.493. The van der Waals surface area contributed by atoms with Crippen molar-refractivity contribution in [2.75, 3.05) is 18.1 Å². The largest absolute Gasteiger partial charge is 0.494 e. The Kier molecular flexibility index (Phi) is 6.68. The van der Waals surface area contributed by atoms with Gasteiger partial charge in [0.15, 0.2) is 0 Å². The zero-order chi connectivity index (χ0) is 24.3. The van der Waals surface area contributed by atoms with Gasteiger partial charge in [0, 0.05) is 5.56 Å². The Morgan fingerprint density at radius 1 is 0.912 bits per heavy atom. The summed E-state index contributed by atoms with van der Waals surface area (Å²) in [5, 5.41) is 2.87. The fraction of sp³-hybridized carbons (Fsp3) is 0.385. The van der Waals surface area contributed by atoms with Gasteiger partial charge in [0.1, 0.15) is 11.3 Å². The normalized spacial score (nSPS) is 16.7. The van der Waals surface area contributed by atoms with Crippen molar-refractivity contribution in [2.24, 2.45) is 0 Å². The lowest BCUT2D eigenvalue weighted by molar-refractivity contribution is -0.152. The third-order valence-electron chi connectivity index (χ3n) is 6.28. The molecule has 0 radical (unpaired) electrons. The van der Waals surface area contributed by atoms with E-state index in [2.05, 4.69) is 5.32 Å². The van der Waals surface area contributed by atoms with Gasteiger partial charge in [-0.25, -0.2) is 9.69 Å². The average molecular weight is 465 g/mol. The molecule has 0 aromatic heterocycles. The summed E-state index contributed by atoms with van der Waals surface area (Å²) in [5.74, 6) is -1.22. The minimum absolute atomic E-state index is 0.153. The molecule has 2 aromatic carbocycles. The number of ether oxygens (including phenoxy) is 2. The second kappa shape index (κ2) is 9.67. The molecule has 34 heavy (non-hydrogen) atoms. The first-order valence-electron chi connectivity index (χ1n) is 11.7. The van der Waals surface area contributed by atoms with Gasteiger partial charge < -0.3 is 14.8 Å². The zero-order valence-corrected chi connectivity index (χ0v) is 19.4. The second-order valence-electron chi connectivity index (χ2n) is 8.45. The monoisotopic (exact) mass is 464 g/mol. The number of esters is 1. The van der Waals surface area contributed by atoms with E-state index >= 15 is 0 Å². The average Bonchev–Trinajstić information content (AvgIpc) is 3.10. The van der Waals surface area contributed by atoms with E-state index < -0.39 is 29.2 Å². The Bertz CT molecular complexity index is 1120. The van der Waals surface area contributed by atoms with Gasteiger partial charge in [0.2, 0.25) is 0 Å². The van der Waals surface area contributed by atoms with Crippen LogP contribution in [0.15, 0.2) is 42.5 Å². The number of imide groups is 1. The predicted octanol–water partition coefficient (Wildman–Crippen LogP) is 3.88. The lowest BCUT2D eigenvalue weighted by Crippen LogP contribution is -2.56. The van der Waals surface area contributed by atoms with Crippen LogP contribution >= 0.6 is 0 Å². The molecule has 1 heterocycles. The first kappa shape index (κ1) is 23.5. The minimum Gasteiger partial charge on any atom is -0.494 e. The van der Waals surface area contributed by atoms with Crippen LogP contribution in [0.1, 0.15) is 77.0 Å². The molecule has 178 valence electrons. The number of carbonyl (C=O) groups is 4. The molecule has 0 atom stereocenters. The molecule has 3 amide bonds. The van der Waals surface area contributed by atoms with Crippen LogP contribution in [0.3, 0.4) is 0 Å². The molecule has 8 nitrogen and oxygen atoms in total. The topological polar surface area (TPSA) is 102 Å². The number of anilines is 1. The maximum absolute atomic E-state index is 13.1. The summed E-state index contributed by atoms with van der Waals surface area (Å²) in [7, 11) is 0. The van der Waals surface area contributed by atoms with Crippen LogP contribution in [0.2, 0.25) is 0 Å². The predicted molar refractivity (Wildman–Crippen MR) is 125 cm³/mol. The van der Waals surface area contributed by atoms with Gasteiger partial charge in [0.25, 0.3) is 17.7 Å². The van der Waals surface area contributed by atoms with E-state index in [9.17, 15) is 19.2 Å². The van der Waals surface area contributed by atoms with Crippen LogP contribution in [0.25, 0.3) is 0 Å². The Hall–Kier alpha value is -3.68. The molecule has 0 bridgehead atoms. The summed E-state index contributed by atoms with van der Waals surface area (Å²) in [6.07, 6.45) is 3.63. The van der Waals surface area contributed by atoms with Gasteiger partial charge in [0.05, 0.1) is 30.0 Å². The maximum Gasteiger partial charge on any atom is 0.331 e. The third kappa shape index (κ3) is 4.27. The SMILES string of the molecule is CCOC(=O)C1(NC(=O)c2ccc3c(c2)C(=O)N(c2ccc(OCC)cc2)C3=O)CCCCC1. The number of hydrogen-bond acceptors (Lipinski definition) is 6. The minimum atomic E-state index is -1.07. The summed E-state index contributed by atoms with van der Waals surface area (Å²) in [5.41, 5.74) is -0.0567. The zero-order valence-electron chi connectivity index (χ0n) is 19.4. The van der Waals surface area contributed by atoms with Gasteiger partial charge in [-0.05, 0) is 69.2 Å². The third-order valence-corrected chi connectivity index (χ3v) is 6.28. The molecule has 1 aliphatic heterocycles. The van der Waals surface area contributed by atoms with E-state index in [0.717, 1.165) is 24.2 Å². The molecular weight excluding hydrogens is 436 g/mol. The smallest absolute Gasteiger partial charge is 0.331 e. The summed E-state index contributed by atoms with van der Waals surface area (Å²) < 4.78 is 10.7. The van der Waals surface area contributed by atoms with Crippen LogP contribution in [-0.2, 0) is 9.53 Å². The molecule has 0 saturated heterocycles. The molecule has 0 spiro atoms. The lowest BCUT2D eigenvalue weighted by Gasteiger charge is -2.35. The number of benzene rings is 2. The number of rotatable bonds is 7. The molecule has 8 heteroatoms. The summed E-state index contributed by atoms with van der Waals surface area (Å²) >= 11 is 0. The van der Waals surface area contributed by atoms with Crippen LogP contribution in [-0.4, -0.2) is 42.4 Å². The maximum atomic E-state index is 13.1. The molecule has 1 fully saturated rings. The summed E-state index contributed by atoms with van der Waals surface area (Å²) in [4.78, 5) is 52.9. The highest BCUT2D eigenvalue weighted by Gasteiger charge is 2.43. The second-order valence-corrected chi connectivity index (χ2v) is 8.45. The van der Waals surface area contributed by atoms with Crippen LogP contribution < -0.4 is 15.0 Å². The van der Waals surface area contributed by atoms with E-state index in [1.807, 2.05) is 6.92 Å². The summed E-state index contributed by atoms with van der Waals surface area (Å²) in [6, 6.07) is 11.1. The Morgan fingerprint density at radius 2 is 1.59 bits per heavy atom. The van der Waals surface area contributed by atoms with Crippen molar-refractivity contribution in [3.8, 4) is 5.75 Å². The molecule has 1 N–H and O–H groups in total. The van der Waals surface area contributed by atoms with Crippen LogP contribution in [0.5, 0.6) is 5.75 Å². The van der Waals surface area contributed by atoms with Gasteiger partial charge >= 0.3 is 5.97 Å². The molecule has 2 aromatic rings. The van der Waals surface area contributed by atoms with Gasteiger partial charge in [-0.15, -0.1) is 0 Å². The number of carbonyl (C=O) groups excluding carboxylic acids is 4. The fourth-order valence-electron chi connectivity index (χ4n) is 4.57.